The molecular weight excluding hydrogens is 363 g/mol. The van der Waals surface area contributed by atoms with Crippen LogP contribution < -0.4 is 5.32 Å². The molecule has 0 radical (unpaired) electrons. The van der Waals surface area contributed by atoms with Crippen molar-refractivity contribution < 1.29 is 14.7 Å². The minimum Gasteiger partial charge on any atom is -0.395 e. The van der Waals surface area contributed by atoms with E-state index in [2.05, 4.69) is 5.32 Å². The van der Waals surface area contributed by atoms with E-state index in [9.17, 15) is 9.59 Å². The van der Waals surface area contributed by atoms with E-state index in [0.717, 1.165) is 16.0 Å². The predicted molar refractivity (Wildman–Crippen MR) is 97.4 cm³/mol. The second-order valence-corrected chi connectivity index (χ2v) is 6.23. The quantitative estimate of drug-likeness (QED) is 0.785. The van der Waals surface area contributed by atoms with Crippen molar-refractivity contribution in [1.29, 1.82) is 0 Å². The van der Waals surface area contributed by atoms with Crippen LogP contribution in [0.5, 0.6) is 0 Å². The Morgan fingerprint density at radius 3 is 2.48 bits per heavy atom. The molecule has 0 spiro atoms. The molecule has 1 aliphatic heterocycles. The molecule has 0 saturated heterocycles. The lowest BCUT2D eigenvalue weighted by molar-refractivity contribution is -0.137. The summed E-state index contributed by atoms with van der Waals surface area (Å²) in [6, 6.07) is 12.7. The van der Waals surface area contributed by atoms with Crippen LogP contribution in [0.2, 0.25) is 10.0 Å². The first-order valence-corrected chi connectivity index (χ1v) is 8.26. The first-order chi connectivity index (χ1) is 12.0. The normalized spacial score (nSPS) is 14.0. The number of rotatable bonds is 5. The molecule has 2 aromatic carbocycles. The number of aliphatic hydroxyl groups is 1. The van der Waals surface area contributed by atoms with Crippen molar-refractivity contribution in [2.45, 2.75) is 0 Å². The standard InChI is InChI=1S/C18H14Cl2N2O3/c19-14-5-4-12(9-15(14)20)11-2-1-3-13(8-11)21-16-10-17(24)22(6-7-23)18(16)25/h1-5,8-10,21,23H,6-7H2. The Balaban J connectivity index is 1.83. The number of nitrogens with one attached hydrogen (secondary N) is 1. The molecule has 0 bridgehead atoms. The molecule has 0 unspecified atom stereocenters. The number of anilines is 1. The predicted octanol–water partition coefficient (Wildman–Crippen LogP) is 3.32. The zero-order chi connectivity index (χ0) is 18.0. The lowest BCUT2D eigenvalue weighted by Crippen LogP contribution is -2.34. The summed E-state index contributed by atoms with van der Waals surface area (Å²) in [5.74, 6) is -0.902. The maximum Gasteiger partial charge on any atom is 0.277 e. The van der Waals surface area contributed by atoms with Gasteiger partial charge in [-0.2, -0.15) is 0 Å². The summed E-state index contributed by atoms with van der Waals surface area (Å²) in [5, 5.41) is 12.8. The lowest BCUT2D eigenvalue weighted by Gasteiger charge is -2.14. The van der Waals surface area contributed by atoms with Crippen molar-refractivity contribution in [3.05, 3.63) is 64.3 Å². The van der Waals surface area contributed by atoms with Crippen LogP contribution in [0.4, 0.5) is 5.69 Å². The highest BCUT2D eigenvalue weighted by atomic mass is 35.5. The van der Waals surface area contributed by atoms with E-state index in [1.807, 2.05) is 24.3 Å². The van der Waals surface area contributed by atoms with E-state index in [1.165, 1.54) is 6.08 Å². The SMILES string of the molecule is O=C1C=C(Nc2cccc(-c3ccc(Cl)c(Cl)c3)c2)C(=O)N1CCO. The molecule has 0 atom stereocenters. The Morgan fingerprint density at radius 2 is 1.76 bits per heavy atom. The van der Waals surface area contributed by atoms with Gasteiger partial charge in [0.15, 0.2) is 0 Å². The van der Waals surface area contributed by atoms with E-state index >= 15 is 0 Å². The van der Waals surface area contributed by atoms with Gasteiger partial charge in [0.25, 0.3) is 11.8 Å². The van der Waals surface area contributed by atoms with Crippen LogP contribution in [0, 0.1) is 0 Å². The van der Waals surface area contributed by atoms with Gasteiger partial charge in [-0.25, -0.2) is 0 Å². The summed E-state index contributed by atoms with van der Waals surface area (Å²) in [4.78, 5) is 25.0. The first-order valence-electron chi connectivity index (χ1n) is 7.50. The fraction of sp³-hybridized carbons (Fsp3) is 0.111. The van der Waals surface area contributed by atoms with Crippen LogP contribution in [0.3, 0.4) is 0 Å². The van der Waals surface area contributed by atoms with Crippen LogP contribution >= 0.6 is 23.2 Å². The van der Waals surface area contributed by atoms with Crippen LogP contribution in [-0.4, -0.2) is 35.0 Å². The van der Waals surface area contributed by atoms with Crippen molar-refractivity contribution in [3.63, 3.8) is 0 Å². The van der Waals surface area contributed by atoms with Crippen LogP contribution in [0.25, 0.3) is 11.1 Å². The van der Waals surface area contributed by atoms with Crippen molar-refractivity contribution in [1.82, 2.24) is 4.90 Å². The van der Waals surface area contributed by atoms with E-state index in [-0.39, 0.29) is 18.8 Å². The molecule has 25 heavy (non-hydrogen) atoms. The molecule has 128 valence electrons. The monoisotopic (exact) mass is 376 g/mol. The number of benzene rings is 2. The van der Waals surface area contributed by atoms with E-state index < -0.39 is 11.8 Å². The van der Waals surface area contributed by atoms with Crippen LogP contribution in [-0.2, 0) is 9.59 Å². The molecule has 0 fully saturated rings. The summed E-state index contributed by atoms with van der Waals surface area (Å²) < 4.78 is 0. The molecular formula is C18H14Cl2N2O3. The summed E-state index contributed by atoms with van der Waals surface area (Å²) in [6.07, 6.45) is 1.23. The van der Waals surface area contributed by atoms with Gasteiger partial charge >= 0.3 is 0 Å². The third-order valence-electron chi connectivity index (χ3n) is 3.73. The molecule has 0 aliphatic carbocycles. The summed E-state index contributed by atoms with van der Waals surface area (Å²) in [6.45, 7) is -0.298. The zero-order valence-electron chi connectivity index (χ0n) is 13.0. The summed E-state index contributed by atoms with van der Waals surface area (Å²) in [5.41, 5.74) is 2.59. The van der Waals surface area contributed by atoms with E-state index in [4.69, 9.17) is 28.3 Å². The number of hydrogen-bond acceptors (Lipinski definition) is 4. The number of carbonyl (C=O) groups is 2. The largest absolute Gasteiger partial charge is 0.395 e. The molecule has 5 nitrogen and oxygen atoms in total. The topological polar surface area (TPSA) is 69.6 Å². The van der Waals surface area contributed by atoms with Crippen molar-refractivity contribution >= 4 is 40.7 Å². The second-order valence-electron chi connectivity index (χ2n) is 5.41. The van der Waals surface area contributed by atoms with Gasteiger partial charge in [0.05, 0.1) is 23.2 Å². The molecule has 1 heterocycles. The van der Waals surface area contributed by atoms with E-state index in [0.29, 0.717) is 15.7 Å². The van der Waals surface area contributed by atoms with Gasteiger partial charge in [-0.05, 0) is 35.4 Å². The average molecular weight is 377 g/mol. The number of amides is 2. The van der Waals surface area contributed by atoms with Crippen molar-refractivity contribution in [2.24, 2.45) is 0 Å². The zero-order valence-corrected chi connectivity index (χ0v) is 14.5. The molecule has 7 heteroatoms. The number of nitrogens with zero attached hydrogens (tertiary/aromatic N) is 1. The molecule has 0 saturated carbocycles. The second kappa shape index (κ2) is 7.27. The third-order valence-corrected chi connectivity index (χ3v) is 4.47. The van der Waals surface area contributed by atoms with Crippen molar-refractivity contribution in [2.75, 3.05) is 18.5 Å². The highest BCUT2D eigenvalue weighted by molar-refractivity contribution is 6.42. The minimum atomic E-state index is -0.459. The van der Waals surface area contributed by atoms with E-state index in [1.54, 1.807) is 18.2 Å². The Hall–Kier alpha value is -2.34. The number of carbonyl (C=O) groups excluding carboxylic acids is 2. The molecule has 2 aromatic rings. The highest BCUT2D eigenvalue weighted by Crippen LogP contribution is 2.30. The van der Waals surface area contributed by atoms with Gasteiger partial charge in [-0.3, -0.25) is 14.5 Å². The van der Waals surface area contributed by atoms with Gasteiger partial charge < -0.3 is 10.4 Å². The molecule has 1 aliphatic rings. The first kappa shape index (κ1) is 17.5. The molecule has 2 amide bonds. The van der Waals surface area contributed by atoms with Gasteiger partial charge in [-0.15, -0.1) is 0 Å². The van der Waals surface area contributed by atoms with Gasteiger partial charge in [0.2, 0.25) is 0 Å². The summed E-state index contributed by atoms with van der Waals surface area (Å²) in [7, 11) is 0. The van der Waals surface area contributed by atoms with Crippen molar-refractivity contribution in [3.8, 4) is 11.1 Å². The number of hydrogen-bond donors (Lipinski definition) is 2. The summed E-state index contributed by atoms with van der Waals surface area (Å²) >= 11 is 12.0. The fourth-order valence-corrected chi connectivity index (χ4v) is 2.82. The number of imide groups is 1. The maximum absolute atomic E-state index is 12.2. The van der Waals surface area contributed by atoms with Gasteiger partial charge in [-0.1, -0.05) is 41.4 Å². The minimum absolute atomic E-state index is 0.0251. The van der Waals surface area contributed by atoms with Crippen LogP contribution in [0.15, 0.2) is 54.2 Å². The van der Waals surface area contributed by atoms with Gasteiger partial charge in [0, 0.05) is 11.8 Å². The Bertz CT molecular complexity index is 880. The Labute approximate surface area is 154 Å². The van der Waals surface area contributed by atoms with Gasteiger partial charge in [0.1, 0.15) is 5.70 Å². The Morgan fingerprint density at radius 1 is 1.00 bits per heavy atom. The highest BCUT2D eigenvalue weighted by Gasteiger charge is 2.30. The fourth-order valence-electron chi connectivity index (χ4n) is 2.52. The number of halogens is 2. The average Bonchev–Trinajstić information content (AvgIpc) is 2.85. The van der Waals surface area contributed by atoms with Crippen LogP contribution in [0.1, 0.15) is 0 Å². The number of aliphatic hydroxyl groups excluding tert-OH is 1. The third kappa shape index (κ3) is 3.69. The lowest BCUT2D eigenvalue weighted by atomic mass is 10.1. The molecule has 2 N–H and O–H groups in total. The maximum atomic E-state index is 12.2. The Kier molecular flexibility index (Phi) is 5.08. The number of β-amino-alcohol motifs (C(OH)–C–C–N with tert-alkyl or cyclic N) is 1. The smallest absolute Gasteiger partial charge is 0.277 e. The molecule has 3 rings (SSSR count). The molecule has 0 aromatic heterocycles.